The van der Waals surface area contributed by atoms with Gasteiger partial charge in [0, 0.05) is 35.7 Å². The lowest BCUT2D eigenvalue weighted by Crippen LogP contribution is -2.39. The van der Waals surface area contributed by atoms with E-state index in [4.69, 9.17) is 21.3 Å². The molecule has 1 fully saturated rings. The van der Waals surface area contributed by atoms with Crippen LogP contribution in [-0.4, -0.2) is 29.5 Å². The van der Waals surface area contributed by atoms with E-state index in [0.29, 0.717) is 18.4 Å². The minimum atomic E-state index is -0.421. The number of benzene rings is 1. The molecule has 1 aromatic carbocycles. The molecule has 1 aromatic rings. The summed E-state index contributed by atoms with van der Waals surface area (Å²) in [7, 11) is 1.45. The van der Waals surface area contributed by atoms with Crippen molar-refractivity contribution in [2.45, 2.75) is 44.4 Å². The molecule has 5 nitrogen and oxygen atoms in total. The van der Waals surface area contributed by atoms with Gasteiger partial charge in [-0.3, -0.25) is 14.6 Å². The third kappa shape index (κ3) is 2.65. The number of aromatic hydroxyl groups is 1. The van der Waals surface area contributed by atoms with Gasteiger partial charge in [-0.25, -0.2) is 0 Å². The number of ether oxygens (including phenoxy) is 1. The zero-order valence-corrected chi connectivity index (χ0v) is 15.3. The quantitative estimate of drug-likeness (QED) is 0.851. The molecule has 1 N–H and O–H groups in total. The zero-order valence-electron chi connectivity index (χ0n) is 14.5. The Kier molecular flexibility index (Phi) is 4.35. The molecule has 4 rings (SSSR count). The molecule has 136 valence electrons. The van der Waals surface area contributed by atoms with Crippen LogP contribution in [0.1, 0.15) is 50.0 Å². The van der Waals surface area contributed by atoms with Crippen LogP contribution in [0.4, 0.5) is 0 Å². The van der Waals surface area contributed by atoms with Gasteiger partial charge in [0.25, 0.3) is 0 Å². The number of phenolic OH excluding ortho intramolecular Hbond substituents is 1. The predicted molar refractivity (Wildman–Crippen MR) is 98.1 cm³/mol. The Bertz CT molecular complexity index is 871. The fourth-order valence-electron chi connectivity index (χ4n) is 4.39. The first kappa shape index (κ1) is 17.3. The smallest absolute Gasteiger partial charge is 0.176 e. The number of methoxy groups -OCH3 is 1. The summed E-state index contributed by atoms with van der Waals surface area (Å²) in [5, 5.41) is 10.2. The van der Waals surface area contributed by atoms with Gasteiger partial charge in [-0.1, -0.05) is 11.6 Å². The normalized spacial score (nSPS) is 25.5. The van der Waals surface area contributed by atoms with E-state index in [1.165, 1.54) is 7.11 Å². The molecule has 1 aliphatic heterocycles. The maximum absolute atomic E-state index is 12.8. The van der Waals surface area contributed by atoms with Crippen LogP contribution >= 0.6 is 11.6 Å². The van der Waals surface area contributed by atoms with Crippen molar-refractivity contribution < 1.29 is 19.4 Å². The lowest BCUT2D eigenvalue weighted by Gasteiger charge is -2.38. The van der Waals surface area contributed by atoms with E-state index in [9.17, 15) is 14.7 Å². The first-order valence-corrected chi connectivity index (χ1v) is 9.32. The second-order valence-corrected chi connectivity index (χ2v) is 7.48. The molecule has 6 heteroatoms. The molecular formula is C20H20ClNO4. The summed E-state index contributed by atoms with van der Waals surface area (Å²) in [6.07, 6.45) is 4.10. The minimum absolute atomic E-state index is 0.0561. The van der Waals surface area contributed by atoms with Crippen molar-refractivity contribution in [3.63, 3.8) is 0 Å². The number of allylic oxidation sites excluding steroid dienone is 2. The number of Topliss-reactive ketones (excluding diaryl/α,β-unsaturated/α-hetero) is 2. The van der Waals surface area contributed by atoms with E-state index >= 15 is 0 Å². The maximum Gasteiger partial charge on any atom is 0.176 e. The third-order valence-corrected chi connectivity index (χ3v) is 5.83. The van der Waals surface area contributed by atoms with Gasteiger partial charge < -0.3 is 9.84 Å². The molecular weight excluding hydrogens is 354 g/mol. The zero-order chi connectivity index (χ0) is 18.4. The highest BCUT2D eigenvalue weighted by molar-refractivity contribution is 6.32. The van der Waals surface area contributed by atoms with Crippen molar-refractivity contribution in [1.82, 2.24) is 0 Å². The molecule has 0 unspecified atom stereocenters. The Labute approximate surface area is 156 Å². The summed E-state index contributed by atoms with van der Waals surface area (Å²) in [5.74, 6) is -0.541. The van der Waals surface area contributed by atoms with Gasteiger partial charge in [-0.05, 0) is 43.4 Å². The molecule has 0 saturated heterocycles. The van der Waals surface area contributed by atoms with E-state index in [2.05, 4.69) is 0 Å². The topological polar surface area (TPSA) is 76.0 Å². The van der Waals surface area contributed by atoms with Crippen LogP contribution in [0.15, 0.2) is 28.4 Å². The Balaban J connectivity index is 1.93. The Morgan fingerprint density at radius 3 is 2.65 bits per heavy atom. The number of rotatable bonds is 2. The summed E-state index contributed by atoms with van der Waals surface area (Å²) in [6, 6.07) is 3.32. The van der Waals surface area contributed by atoms with Gasteiger partial charge in [0.15, 0.2) is 17.3 Å². The van der Waals surface area contributed by atoms with Crippen molar-refractivity contribution in [2.75, 3.05) is 7.11 Å². The number of hydrogen-bond donors (Lipinski definition) is 1. The molecule has 0 spiro atoms. The molecule has 3 aliphatic rings. The first-order valence-electron chi connectivity index (χ1n) is 8.94. The van der Waals surface area contributed by atoms with Gasteiger partial charge in [-0.15, -0.1) is 0 Å². The number of phenols is 1. The second kappa shape index (κ2) is 6.54. The Morgan fingerprint density at radius 2 is 1.88 bits per heavy atom. The minimum Gasteiger partial charge on any atom is -0.503 e. The number of ketones is 2. The van der Waals surface area contributed by atoms with Crippen molar-refractivity contribution >= 4 is 28.9 Å². The maximum atomic E-state index is 12.8. The van der Waals surface area contributed by atoms with Gasteiger partial charge in [-0.2, -0.15) is 0 Å². The summed E-state index contributed by atoms with van der Waals surface area (Å²) < 4.78 is 5.23. The van der Waals surface area contributed by atoms with Gasteiger partial charge in [0.05, 0.1) is 18.1 Å². The first-order chi connectivity index (χ1) is 12.5. The number of carbonyl (C=O) groups excluding carboxylic acids is 2. The molecule has 0 amide bonds. The fourth-order valence-corrected chi connectivity index (χ4v) is 4.61. The number of nitrogens with zero attached hydrogens (tertiary/aromatic N) is 1. The number of aliphatic imine (C=N–C) groups is 1. The van der Waals surface area contributed by atoms with Crippen LogP contribution in [0.2, 0.25) is 5.02 Å². The molecule has 2 aliphatic carbocycles. The van der Waals surface area contributed by atoms with Crippen molar-refractivity contribution in [2.24, 2.45) is 10.9 Å². The Hall–Kier alpha value is -2.14. The number of carbonyl (C=O) groups is 2. The van der Waals surface area contributed by atoms with Crippen molar-refractivity contribution in [3.8, 4) is 11.5 Å². The van der Waals surface area contributed by atoms with E-state index in [1.54, 1.807) is 12.1 Å². The Morgan fingerprint density at radius 1 is 1.12 bits per heavy atom. The van der Waals surface area contributed by atoms with E-state index in [-0.39, 0.29) is 28.1 Å². The number of fused-ring (bicyclic) bond motifs is 1. The lowest BCUT2D eigenvalue weighted by molar-refractivity contribution is -0.122. The molecule has 0 aromatic heterocycles. The molecule has 0 radical (unpaired) electrons. The SMILES string of the molecule is COc1cc([C@@H]2C3=C(CCCC3=O)N=C3CCCC(=O)[C@@H]32)cc(Cl)c1O. The standard InChI is InChI=1S/C20H20ClNO4/c1-26-16-9-10(8-11(21)20(16)25)17-18-12(4-2-6-14(18)23)22-13-5-3-7-15(24)19(13)17/h8-9,17-18,25H,2-7H2,1H3/t17-,18+/m0/s1. The molecule has 2 atom stereocenters. The monoisotopic (exact) mass is 373 g/mol. The third-order valence-electron chi connectivity index (χ3n) is 5.54. The summed E-state index contributed by atoms with van der Waals surface area (Å²) >= 11 is 6.19. The highest BCUT2D eigenvalue weighted by atomic mass is 35.5. The van der Waals surface area contributed by atoms with Crippen molar-refractivity contribution in [1.29, 1.82) is 0 Å². The number of hydrogen-bond acceptors (Lipinski definition) is 5. The predicted octanol–water partition coefficient (Wildman–Crippen LogP) is 3.97. The van der Waals surface area contributed by atoms with Crippen LogP contribution in [0.3, 0.4) is 0 Å². The molecule has 26 heavy (non-hydrogen) atoms. The van der Waals surface area contributed by atoms with Crippen LogP contribution in [0.5, 0.6) is 11.5 Å². The van der Waals surface area contributed by atoms with E-state index < -0.39 is 11.8 Å². The van der Waals surface area contributed by atoms with Crippen LogP contribution in [-0.2, 0) is 9.59 Å². The second-order valence-electron chi connectivity index (χ2n) is 7.07. The largest absolute Gasteiger partial charge is 0.503 e. The fraction of sp³-hybridized carbons (Fsp3) is 0.450. The summed E-state index contributed by atoms with van der Waals surface area (Å²) in [6.45, 7) is 0. The van der Waals surface area contributed by atoms with E-state index in [1.807, 2.05) is 0 Å². The highest BCUT2D eigenvalue weighted by Crippen LogP contribution is 2.48. The molecule has 0 bridgehead atoms. The van der Waals surface area contributed by atoms with E-state index in [0.717, 1.165) is 42.7 Å². The van der Waals surface area contributed by atoms with Gasteiger partial charge in [0.2, 0.25) is 0 Å². The highest BCUT2D eigenvalue weighted by Gasteiger charge is 2.44. The average Bonchev–Trinajstić information content (AvgIpc) is 2.63. The van der Waals surface area contributed by atoms with Gasteiger partial charge in [0.1, 0.15) is 5.78 Å². The van der Waals surface area contributed by atoms with Crippen molar-refractivity contribution in [3.05, 3.63) is 34.0 Å². The van der Waals surface area contributed by atoms with Gasteiger partial charge >= 0.3 is 0 Å². The molecule has 1 heterocycles. The number of halogens is 1. The summed E-state index contributed by atoms with van der Waals surface area (Å²) in [4.78, 5) is 30.2. The summed E-state index contributed by atoms with van der Waals surface area (Å²) in [5.41, 5.74) is 3.06. The lowest BCUT2D eigenvalue weighted by atomic mass is 9.67. The average molecular weight is 374 g/mol. The van der Waals surface area contributed by atoms with Crippen LogP contribution < -0.4 is 4.74 Å². The molecule has 1 saturated carbocycles. The van der Waals surface area contributed by atoms with Crippen LogP contribution in [0.25, 0.3) is 0 Å². The van der Waals surface area contributed by atoms with Crippen LogP contribution in [0, 0.1) is 5.92 Å².